The second kappa shape index (κ2) is 9.73. The van der Waals surface area contributed by atoms with Crippen molar-refractivity contribution in [1.29, 1.82) is 0 Å². The summed E-state index contributed by atoms with van der Waals surface area (Å²) in [5.74, 6) is 2.26. The van der Waals surface area contributed by atoms with Gasteiger partial charge < -0.3 is 14.7 Å². The minimum atomic E-state index is 0. The van der Waals surface area contributed by atoms with Gasteiger partial charge in [-0.2, -0.15) is 0 Å². The van der Waals surface area contributed by atoms with E-state index in [2.05, 4.69) is 50.7 Å². The first kappa shape index (κ1) is 20.4. The molecule has 1 aromatic heterocycles. The molecule has 1 aliphatic heterocycles. The predicted octanol–water partition coefficient (Wildman–Crippen LogP) is 4.52. The van der Waals surface area contributed by atoms with E-state index in [1.807, 2.05) is 43.4 Å². The topological polar surface area (TPSA) is 53.7 Å². The second-order valence-corrected chi connectivity index (χ2v) is 6.79. The number of rotatable bonds is 4. The van der Waals surface area contributed by atoms with Crippen LogP contribution in [0.5, 0.6) is 0 Å². The van der Waals surface area contributed by atoms with E-state index in [1.165, 1.54) is 5.56 Å². The minimum Gasteiger partial charge on any atom is -0.356 e. The Kier molecular flexibility index (Phi) is 7.08. The van der Waals surface area contributed by atoms with Crippen LogP contribution in [-0.4, -0.2) is 36.2 Å². The van der Waals surface area contributed by atoms with E-state index in [0.29, 0.717) is 12.5 Å². The standard InChI is InChI=1S/C22H24N4O.HI/c1-23-22(26-13-12-19(16-26)17-8-4-2-5-9-17)24-15-20-14-21(27-25-20)18-10-6-3-7-11-18;/h2-11,14,19H,12-13,15-16H2,1H3,(H,23,24);1H. The third-order valence-corrected chi connectivity index (χ3v) is 5.02. The highest BCUT2D eigenvalue weighted by Gasteiger charge is 2.25. The zero-order valence-corrected chi connectivity index (χ0v) is 18.2. The third-order valence-electron chi connectivity index (χ3n) is 5.02. The lowest BCUT2D eigenvalue weighted by Gasteiger charge is -2.21. The van der Waals surface area contributed by atoms with Crippen LogP contribution in [0.1, 0.15) is 23.6 Å². The number of hydrogen-bond donors (Lipinski definition) is 1. The maximum atomic E-state index is 5.47. The molecule has 0 aliphatic carbocycles. The van der Waals surface area contributed by atoms with Gasteiger partial charge in [-0.3, -0.25) is 4.99 Å². The van der Waals surface area contributed by atoms with E-state index in [-0.39, 0.29) is 24.0 Å². The van der Waals surface area contributed by atoms with Crippen molar-refractivity contribution in [3.05, 3.63) is 78.0 Å². The average molecular weight is 488 g/mol. The first-order valence-corrected chi connectivity index (χ1v) is 9.35. The molecule has 2 aromatic carbocycles. The zero-order chi connectivity index (χ0) is 18.5. The van der Waals surface area contributed by atoms with Crippen molar-refractivity contribution in [2.45, 2.75) is 18.9 Å². The number of likely N-dealkylation sites (tertiary alicyclic amines) is 1. The molecule has 1 N–H and O–H groups in total. The van der Waals surface area contributed by atoms with Gasteiger partial charge in [0.2, 0.25) is 0 Å². The van der Waals surface area contributed by atoms with Crippen LogP contribution in [0.3, 0.4) is 0 Å². The summed E-state index contributed by atoms with van der Waals surface area (Å²) in [4.78, 5) is 6.77. The van der Waals surface area contributed by atoms with Crippen molar-refractivity contribution in [2.75, 3.05) is 20.1 Å². The summed E-state index contributed by atoms with van der Waals surface area (Å²) < 4.78 is 5.47. The number of guanidine groups is 1. The highest BCUT2D eigenvalue weighted by Crippen LogP contribution is 2.27. The Hall–Kier alpha value is -2.35. The van der Waals surface area contributed by atoms with Gasteiger partial charge in [0.05, 0.1) is 6.54 Å². The molecule has 1 unspecified atom stereocenters. The average Bonchev–Trinajstić information content (AvgIpc) is 3.40. The SMILES string of the molecule is CN=C(NCc1cc(-c2ccccc2)on1)N1CCC(c2ccccc2)C1.I. The molecule has 1 fully saturated rings. The second-order valence-electron chi connectivity index (χ2n) is 6.79. The summed E-state index contributed by atoms with van der Waals surface area (Å²) in [6.45, 7) is 2.58. The minimum absolute atomic E-state index is 0. The molecule has 0 saturated carbocycles. The molecule has 2 heterocycles. The Morgan fingerprint density at radius 2 is 1.86 bits per heavy atom. The lowest BCUT2D eigenvalue weighted by atomic mass is 9.99. The van der Waals surface area contributed by atoms with E-state index in [4.69, 9.17) is 4.52 Å². The van der Waals surface area contributed by atoms with Gasteiger partial charge in [-0.25, -0.2) is 0 Å². The molecule has 5 nitrogen and oxygen atoms in total. The molecule has 4 rings (SSSR count). The number of aliphatic imine (C=N–C) groups is 1. The molecular weight excluding hydrogens is 463 g/mol. The first-order chi connectivity index (χ1) is 13.3. The van der Waals surface area contributed by atoms with Crippen LogP contribution in [0.2, 0.25) is 0 Å². The molecule has 28 heavy (non-hydrogen) atoms. The molecule has 0 spiro atoms. The van der Waals surface area contributed by atoms with Gasteiger partial charge in [-0.1, -0.05) is 65.8 Å². The van der Waals surface area contributed by atoms with E-state index in [0.717, 1.165) is 42.5 Å². The number of aromatic nitrogens is 1. The number of nitrogens with zero attached hydrogens (tertiary/aromatic N) is 3. The first-order valence-electron chi connectivity index (χ1n) is 9.35. The van der Waals surface area contributed by atoms with E-state index in [1.54, 1.807) is 0 Å². The molecule has 0 radical (unpaired) electrons. The molecule has 1 aliphatic rings. The Balaban J connectivity index is 0.00000225. The number of nitrogens with one attached hydrogen (secondary N) is 1. The van der Waals surface area contributed by atoms with Crippen molar-refractivity contribution >= 4 is 29.9 Å². The smallest absolute Gasteiger partial charge is 0.193 e. The van der Waals surface area contributed by atoms with Gasteiger partial charge in [0.25, 0.3) is 0 Å². The number of benzene rings is 2. The molecule has 0 amide bonds. The third kappa shape index (κ3) is 4.73. The fourth-order valence-corrected chi connectivity index (χ4v) is 3.59. The summed E-state index contributed by atoms with van der Waals surface area (Å²) >= 11 is 0. The van der Waals surface area contributed by atoms with Gasteiger partial charge in [-0.15, -0.1) is 24.0 Å². The Morgan fingerprint density at radius 1 is 1.14 bits per heavy atom. The molecular formula is C22H25IN4O. The van der Waals surface area contributed by atoms with Gasteiger partial charge in [0.1, 0.15) is 5.69 Å². The molecule has 1 atom stereocenters. The van der Waals surface area contributed by atoms with Crippen molar-refractivity contribution in [1.82, 2.24) is 15.4 Å². The maximum Gasteiger partial charge on any atom is 0.193 e. The Morgan fingerprint density at radius 3 is 2.57 bits per heavy atom. The van der Waals surface area contributed by atoms with Crippen LogP contribution in [0.15, 0.2) is 76.2 Å². The lowest BCUT2D eigenvalue weighted by molar-refractivity contribution is 0.420. The molecule has 146 valence electrons. The molecule has 0 bridgehead atoms. The number of hydrogen-bond acceptors (Lipinski definition) is 3. The highest BCUT2D eigenvalue weighted by molar-refractivity contribution is 14.0. The fraction of sp³-hybridized carbons (Fsp3) is 0.273. The largest absolute Gasteiger partial charge is 0.356 e. The van der Waals surface area contributed by atoms with Crippen LogP contribution in [0.25, 0.3) is 11.3 Å². The van der Waals surface area contributed by atoms with Gasteiger partial charge in [0, 0.05) is 37.7 Å². The van der Waals surface area contributed by atoms with Crippen LogP contribution in [-0.2, 0) is 6.54 Å². The van der Waals surface area contributed by atoms with Crippen LogP contribution < -0.4 is 5.32 Å². The van der Waals surface area contributed by atoms with Gasteiger partial charge in [-0.05, 0) is 12.0 Å². The molecule has 1 saturated heterocycles. The summed E-state index contributed by atoms with van der Waals surface area (Å²) in [5, 5.41) is 7.59. The monoisotopic (exact) mass is 488 g/mol. The van der Waals surface area contributed by atoms with Gasteiger partial charge >= 0.3 is 0 Å². The van der Waals surface area contributed by atoms with E-state index < -0.39 is 0 Å². The maximum absolute atomic E-state index is 5.47. The van der Waals surface area contributed by atoms with Gasteiger partial charge in [0.15, 0.2) is 11.7 Å². The van der Waals surface area contributed by atoms with Crippen LogP contribution in [0.4, 0.5) is 0 Å². The number of halogens is 1. The van der Waals surface area contributed by atoms with E-state index in [9.17, 15) is 0 Å². The quantitative estimate of drug-likeness (QED) is 0.333. The van der Waals surface area contributed by atoms with Crippen molar-refractivity contribution in [3.8, 4) is 11.3 Å². The Labute approximate surface area is 182 Å². The predicted molar refractivity (Wildman–Crippen MR) is 123 cm³/mol. The van der Waals surface area contributed by atoms with Crippen LogP contribution >= 0.6 is 24.0 Å². The summed E-state index contributed by atoms with van der Waals surface area (Å²) in [5.41, 5.74) is 3.30. The highest BCUT2D eigenvalue weighted by atomic mass is 127. The normalized spacial score (nSPS) is 16.7. The van der Waals surface area contributed by atoms with Crippen molar-refractivity contribution in [2.24, 2.45) is 4.99 Å². The van der Waals surface area contributed by atoms with Crippen molar-refractivity contribution in [3.63, 3.8) is 0 Å². The van der Waals surface area contributed by atoms with Crippen molar-refractivity contribution < 1.29 is 4.52 Å². The van der Waals surface area contributed by atoms with E-state index >= 15 is 0 Å². The molecule has 6 heteroatoms. The lowest BCUT2D eigenvalue weighted by Crippen LogP contribution is -2.39. The fourth-order valence-electron chi connectivity index (χ4n) is 3.59. The Bertz CT molecular complexity index is 895. The summed E-state index contributed by atoms with van der Waals surface area (Å²) in [6, 6.07) is 22.7. The molecule has 3 aromatic rings. The summed E-state index contributed by atoms with van der Waals surface area (Å²) in [7, 11) is 1.83. The van der Waals surface area contributed by atoms with Crippen LogP contribution in [0, 0.1) is 0 Å². The summed E-state index contributed by atoms with van der Waals surface area (Å²) in [6.07, 6.45) is 1.15. The zero-order valence-electron chi connectivity index (χ0n) is 15.9.